The van der Waals surface area contributed by atoms with Crippen LogP contribution in [-0.4, -0.2) is 26.1 Å². The smallest absolute Gasteiger partial charge is 0.239 e. The van der Waals surface area contributed by atoms with E-state index in [1.54, 1.807) is 29.8 Å². The molecule has 0 radical (unpaired) electrons. The highest BCUT2D eigenvalue weighted by Crippen LogP contribution is 2.36. The molecule has 4 aromatic rings. The number of anilines is 1. The highest BCUT2D eigenvalue weighted by molar-refractivity contribution is 8.00. The molecular weight excluding hydrogens is 479 g/mol. The maximum atomic E-state index is 12.7. The quantitative estimate of drug-likeness (QED) is 0.242. The standard InChI is InChI=1S/C20H16Cl2N4OS3/c1-9-10(2)29-18-16(9)19(24-8-23-18)30-11(3)17(27)26-20-25-15(7-28-20)12-4-5-13(21)14(22)6-12/h4-8,11H,1-3H3,(H,25,26,27)/t11-/m0/s1. The Kier molecular flexibility index (Phi) is 6.31. The van der Waals surface area contributed by atoms with Gasteiger partial charge in [-0.1, -0.05) is 41.0 Å². The van der Waals surface area contributed by atoms with E-state index in [1.807, 2.05) is 18.4 Å². The first kappa shape index (κ1) is 21.5. The molecule has 1 atom stereocenters. The molecule has 0 spiro atoms. The first-order valence-corrected chi connectivity index (χ1v) is 12.3. The van der Waals surface area contributed by atoms with E-state index >= 15 is 0 Å². The average Bonchev–Trinajstić information content (AvgIpc) is 3.29. The Bertz CT molecular complexity index is 1250. The minimum atomic E-state index is -0.347. The largest absolute Gasteiger partial charge is 0.301 e. The summed E-state index contributed by atoms with van der Waals surface area (Å²) < 4.78 is 0. The van der Waals surface area contributed by atoms with Gasteiger partial charge in [0.25, 0.3) is 0 Å². The van der Waals surface area contributed by atoms with Crippen LogP contribution in [0.4, 0.5) is 5.13 Å². The molecule has 5 nitrogen and oxygen atoms in total. The molecule has 1 N–H and O–H groups in total. The molecule has 3 heterocycles. The zero-order valence-corrected chi connectivity index (χ0v) is 20.2. The number of nitrogens with zero attached hydrogens (tertiary/aromatic N) is 3. The van der Waals surface area contributed by atoms with Gasteiger partial charge in [-0.15, -0.1) is 22.7 Å². The molecule has 0 saturated heterocycles. The number of thioether (sulfide) groups is 1. The van der Waals surface area contributed by atoms with Crippen molar-refractivity contribution in [3.05, 3.63) is 50.4 Å². The SMILES string of the molecule is Cc1sc2ncnc(S[C@@H](C)C(=O)Nc3nc(-c4ccc(Cl)c(Cl)c4)cs3)c2c1C. The number of fused-ring (bicyclic) bond motifs is 1. The third kappa shape index (κ3) is 4.33. The second-order valence-corrected chi connectivity index (χ2v) is 10.8. The zero-order valence-electron chi connectivity index (χ0n) is 16.2. The summed E-state index contributed by atoms with van der Waals surface area (Å²) >= 11 is 16.5. The molecule has 0 aliphatic heterocycles. The van der Waals surface area contributed by atoms with E-state index < -0.39 is 0 Å². The van der Waals surface area contributed by atoms with Gasteiger partial charge < -0.3 is 5.32 Å². The first-order valence-electron chi connectivity index (χ1n) is 8.92. The third-order valence-electron chi connectivity index (χ3n) is 4.54. The number of halogens is 2. The predicted octanol–water partition coefficient (Wildman–Crippen LogP) is 6.86. The van der Waals surface area contributed by atoms with Crippen LogP contribution in [0.1, 0.15) is 17.4 Å². The Morgan fingerprint density at radius 3 is 2.77 bits per heavy atom. The lowest BCUT2D eigenvalue weighted by molar-refractivity contribution is -0.115. The highest BCUT2D eigenvalue weighted by Gasteiger charge is 2.20. The summed E-state index contributed by atoms with van der Waals surface area (Å²) in [7, 11) is 0. The molecule has 4 rings (SSSR count). The Morgan fingerprint density at radius 2 is 2.00 bits per heavy atom. The molecule has 3 aromatic heterocycles. The van der Waals surface area contributed by atoms with Crippen LogP contribution in [0.15, 0.2) is 34.9 Å². The topological polar surface area (TPSA) is 67.8 Å². The fraction of sp³-hybridized carbons (Fsp3) is 0.200. The van der Waals surface area contributed by atoms with Crippen molar-refractivity contribution in [2.45, 2.75) is 31.0 Å². The second-order valence-electron chi connectivity index (χ2n) is 6.56. The lowest BCUT2D eigenvalue weighted by Gasteiger charge is -2.10. The van der Waals surface area contributed by atoms with Crippen LogP contribution in [0.2, 0.25) is 10.0 Å². The van der Waals surface area contributed by atoms with E-state index in [4.69, 9.17) is 23.2 Å². The summed E-state index contributed by atoms with van der Waals surface area (Å²) in [5, 5.41) is 7.76. The number of carbonyl (C=O) groups excluding carboxylic acids is 1. The van der Waals surface area contributed by atoms with Crippen molar-refractivity contribution in [1.82, 2.24) is 15.0 Å². The summed E-state index contributed by atoms with van der Waals surface area (Å²) in [6.45, 7) is 5.99. The van der Waals surface area contributed by atoms with Gasteiger partial charge in [0.1, 0.15) is 16.2 Å². The number of aryl methyl sites for hydroxylation is 2. The summed E-state index contributed by atoms with van der Waals surface area (Å²) in [4.78, 5) is 28.2. The number of aromatic nitrogens is 3. The molecule has 0 unspecified atom stereocenters. The average molecular weight is 495 g/mol. The van der Waals surface area contributed by atoms with E-state index in [1.165, 1.54) is 28.0 Å². The lowest BCUT2D eigenvalue weighted by atomic mass is 10.2. The van der Waals surface area contributed by atoms with Gasteiger partial charge in [0.2, 0.25) is 5.91 Å². The zero-order chi connectivity index (χ0) is 21.4. The van der Waals surface area contributed by atoms with Gasteiger partial charge in [0.15, 0.2) is 5.13 Å². The molecule has 1 amide bonds. The minimum absolute atomic E-state index is 0.133. The molecular formula is C20H16Cl2N4OS3. The summed E-state index contributed by atoms with van der Waals surface area (Å²) in [5.74, 6) is -0.133. The van der Waals surface area contributed by atoms with Crippen LogP contribution in [-0.2, 0) is 4.79 Å². The number of nitrogens with one attached hydrogen (secondary N) is 1. The molecule has 30 heavy (non-hydrogen) atoms. The van der Waals surface area contributed by atoms with Crippen LogP contribution >= 0.6 is 57.6 Å². The summed E-state index contributed by atoms with van der Waals surface area (Å²) in [5.41, 5.74) is 2.74. The van der Waals surface area contributed by atoms with Gasteiger partial charge in [-0.05, 0) is 38.5 Å². The maximum Gasteiger partial charge on any atom is 0.239 e. The van der Waals surface area contributed by atoms with E-state index in [2.05, 4.69) is 34.1 Å². The Labute approximate surface area is 195 Å². The molecule has 154 valence electrons. The van der Waals surface area contributed by atoms with Crippen molar-refractivity contribution in [2.24, 2.45) is 0 Å². The fourth-order valence-corrected chi connectivity index (χ4v) is 5.85. The Hall–Kier alpha value is -1.71. The van der Waals surface area contributed by atoms with Crippen molar-refractivity contribution in [3.63, 3.8) is 0 Å². The Balaban J connectivity index is 1.48. The number of thiazole rings is 1. The van der Waals surface area contributed by atoms with Crippen LogP contribution in [0.25, 0.3) is 21.5 Å². The number of rotatable bonds is 5. The van der Waals surface area contributed by atoms with Gasteiger partial charge in [-0.3, -0.25) is 4.79 Å². The van der Waals surface area contributed by atoms with E-state index in [-0.39, 0.29) is 11.2 Å². The van der Waals surface area contributed by atoms with Gasteiger partial charge >= 0.3 is 0 Å². The summed E-state index contributed by atoms with van der Waals surface area (Å²) in [6.07, 6.45) is 1.55. The van der Waals surface area contributed by atoms with E-state index in [0.29, 0.717) is 15.2 Å². The molecule has 1 aromatic carbocycles. The highest BCUT2D eigenvalue weighted by atomic mass is 35.5. The van der Waals surface area contributed by atoms with Crippen molar-refractivity contribution in [3.8, 4) is 11.3 Å². The lowest BCUT2D eigenvalue weighted by Crippen LogP contribution is -2.22. The number of carbonyl (C=O) groups is 1. The van der Waals surface area contributed by atoms with Crippen molar-refractivity contribution >= 4 is 78.9 Å². The predicted molar refractivity (Wildman–Crippen MR) is 128 cm³/mol. The van der Waals surface area contributed by atoms with Crippen LogP contribution in [0, 0.1) is 13.8 Å². The molecule has 10 heteroatoms. The number of amides is 1. The van der Waals surface area contributed by atoms with Crippen molar-refractivity contribution < 1.29 is 4.79 Å². The minimum Gasteiger partial charge on any atom is -0.301 e. The Morgan fingerprint density at radius 1 is 1.20 bits per heavy atom. The third-order valence-corrected chi connectivity index (χ3v) is 8.25. The number of thiophene rings is 1. The van der Waals surface area contributed by atoms with E-state index in [0.717, 1.165) is 32.1 Å². The second kappa shape index (κ2) is 8.80. The fourth-order valence-electron chi connectivity index (χ4n) is 2.79. The number of hydrogen-bond donors (Lipinski definition) is 1. The number of benzene rings is 1. The molecule has 0 aliphatic carbocycles. The molecule has 0 aliphatic rings. The van der Waals surface area contributed by atoms with Crippen LogP contribution in [0.5, 0.6) is 0 Å². The normalized spacial score (nSPS) is 12.3. The van der Waals surface area contributed by atoms with Gasteiger partial charge in [-0.25, -0.2) is 15.0 Å². The van der Waals surface area contributed by atoms with Gasteiger partial charge in [0, 0.05) is 21.2 Å². The van der Waals surface area contributed by atoms with Crippen LogP contribution in [0.3, 0.4) is 0 Å². The maximum absolute atomic E-state index is 12.7. The summed E-state index contributed by atoms with van der Waals surface area (Å²) in [6, 6.07) is 5.33. The van der Waals surface area contributed by atoms with E-state index in [9.17, 15) is 4.79 Å². The monoisotopic (exact) mass is 494 g/mol. The first-order chi connectivity index (χ1) is 14.3. The van der Waals surface area contributed by atoms with Crippen LogP contribution < -0.4 is 5.32 Å². The van der Waals surface area contributed by atoms with Gasteiger partial charge in [0.05, 0.1) is 21.0 Å². The van der Waals surface area contributed by atoms with Crippen molar-refractivity contribution in [2.75, 3.05) is 5.32 Å². The van der Waals surface area contributed by atoms with Gasteiger partial charge in [-0.2, -0.15) is 0 Å². The van der Waals surface area contributed by atoms with Crippen molar-refractivity contribution in [1.29, 1.82) is 0 Å². The molecule has 0 fully saturated rings. The molecule has 0 bridgehead atoms. The number of hydrogen-bond acceptors (Lipinski definition) is 7. The molecule has 0 saturated carbocycles.